The molecule has 1 atom stereocenters. The average molecular weight is 340 g/mol. The fourth-order valence-electron chi connectivity index (χ4n) is 2.56. The van der Waals surface area contributed by atoms with Gasteiger partial charge in [-0.3, -0.25) is 10.1 Å². The highest BCUT2D eigenvalue weighted by Crippen LogP contribution is 2.27. The molecule has 2 rings (SSSR count). The molecule has 0 saturated carbocycles. The standard InChI is InChI=1S/C21H28N2O2/c1-6-21(3,4)23-19(16-10-8-7-9-11-16)20(24)22-17-14-15(2)12-13-18(17)25-5/h7-14,19,23H,6H2,1-5H3,(H,22,24). The van der Waals surface area contributed by atoms with Gasteiger partial charge in [-0.25, -0.2) is 0 Å². The van der Waals surface area contributed by atoms with Crippen LogP contribution in [0.4, 0.5) is 5.69 Å². The van der Waals surface area contributed by atoms with Gasteiger partial charge in [-0.2, -0.15) is 0 Å². The van der Waals surface area contributed by atoms with Crippen LogP contribution < -0.4 is 15.4 Å². The highest BCUT2D eigenvalue weighted by atomic mass is 16.5. The van der Waals surface area contributed by atoms with E-state index in [1.54, 1.807) is 7.11 Å². The number of aryl methyl sites for hydroxylation is 1. The Morgan fingerprint density at radius 3 is 2.44 bits per heavy atom. The van der Waals surface area contributed by atoms with Crippen LogP contribution in [0.2, 0.25) is 0 Å². The molecule has 0 aromatic heterocycles. The summed E-state index contributed by atoms with van der Waals surface area (Å²) in [4.78, 5) is 13.1. The minimum absolute atomic E-state index is 0.100. The van der Waals surface area contributed by atoms with Crippen LogP contribution in [0.15, 0.2) is 48.5 Å². The summed E-state index contributed by atoms with van der Waals surface area (Å²) in [5.41, 5.74) is 2.53. The Balaban J connectivity index is 2.31. The zero-order valence-corrected chi connectivity index (χ0v) is 15.7. The molecule has 0 bridgehead atoms. The molecule has 0 saturated heterocycles. The lowest BCUT2D eigenvalue weighted by molar-refractivity contribution is -0.118. The van der Waals surface area contributed by atoms with Crippen molar-refractivity contribution in [3.8, 4) is 5.75 Å². The normalized spacial score (nSPS) is 12.5. The van der Waals surface area contributed by atoms with Gasteiger partial charge in [-0.1, -0.05) is 43.3 Å². The number of carbonyl (C=O) groups excluding carboxylic acids is 1. The summed E-state index contributed by atoms with van der Waals surface area (Å²) in [5, 5.41) is 6.50. The van der Waals surface area contributed by atoms with E-state index in [1.807, 2.05) is 55.5 Å². The van der Waals surface area contributed by atoms with Gasteiger partial charge in [0.25, 0.3) is 0 Å². The Hall–Kier alpha value is -2.33. The van der Waals surface area contributed by atoms with Crippen LogP contribution in [0.25, 0.3) is 0 Å². The Morgan fingerprint density at radius 2 is 1.84 bits per heavy atom. The molecular weight excluding hydrogens is 312 g/mol. The molecule has 0 aliphatic carbocycles. The molecule has 4 heteroatoms. The van der Waals surface area contributed by atoms with Crippen LogP contribution in [0, 0.1) is 6.92 Å². The first-order chi connectivity index (χ1) is 11.9. The smallest absolute Gasteiger partial charge is 0.246 e. The molecule has 1 amide bonds. The third-order valence-corrected chi connectivity index (χ3v) is 4.43. The molecule has 2 N–H and O–H groups in total. The number of rotatable bonds is 7. The van der Waals surface area contributed by atoms with E-state index < -0.39 is 6.04 Å². The Bertz CT molecular complexity index is 711. The predicted octanol–water partition coefficient (Wildman–Crippen LogP) is 4.46. The molecule has 0 spiro atoms. The maximum atomic E-state index is 13.1. The molecule has 0 aliphatic rings. The van der Waals surface area contributed by atoms with Crippen LogP contribution in [0.5, 0.6) is 5.75 Å². The number of ether oxygens (including phenoxy) is 1. The van der Waals surface area contributed by atoms with Crippen molar-refractivity contribution in [1.29, 1.82) is 0 Å². The molecule has 2 aromatic carbocycles. The first-order valence-electron chi connectivity index (χ1n) is 8.64. The van der Waals surface area contributed by atoms with Gasteiger partial charge >= 0.3 is 0 Å². The summed E-state index contributed by atoms with van der Waals surface area (Å²) >= 11 is 0. The molecule has 25 heavy (non-hydrogen) atoms. The third kappa shape index (κ3) is 5.07. The molecule has 2 aromatic rings. The van der Waals surface area contributed by atoms with E-state index in [1.165, 1.54) is 0 Å². The summed E-state index contributed by atoms with van der Waals surface area (Å²) in [7, 11) is 1.60. The monoisotopic (exact) mass is 340 g/mol. The van der Waals surface area contributed by atoms with Crippen LogP contribution in [-0.4, -0.2) is 18.6 Å². The third-order valence-electron chi connectivity index (χ3n) is 4.43. The second-order valence-corrected chi connectivity index (χ2v) is 6.92. The predicted molar refractivity (Wildman–Crippen MR) is 103 cm³/mol. The lowest BCUT2D eigenvalue weighted by Crippen LogP contribution is -2.45. The van der Waals surface area contributed by atoms with Crippen LogP contribution >= 0.6 is 0 Å². The number of hydrogen-bond donors (Lipinski definition) is 2. The first kappa shape index (κ1) is 19.0. The molecule has 0 fully saturated rings. The Labute approximate surface area is 150 Å². The molecule has 1 unspecified atom stereocenters. The summed E-state index contributed by atoms with van der Waals surface area (Å²) in [6.45, 7) is 8.30. The van der Waals surface area contributed by atoms with Crippen molar-refractivity contribution in [3.05, 3.63) is 59.7 Å². The number of hydrogen-bond acceptors (Lipinski definition) is 3. The zero-order chi connectivity index (χ0) is 18.4. The van der Waals surface area contributed by atoms with Crippen LogP contribution in [0.1, 0.15) is 44.4 Å². The van der Waals surface area contributed by atoms with E-state index in [4.69, 9.17) is 4.74 Å². The minimum Gasteiger partial charge on any atom is -0.495 e. The second kappa shape index (κ2) is 8.17. The van der Waals surface area contributed by atoms with Crippen molar-refractivity contribution in [3.63, 3.8) is 0 Å². The van der Waals surface area contributed by atoms with Crippen molar-refractivity contribution in [2.24, 2.45) is 0 Å². The topological polar surface area (TPSA) is 50.4 Å². The molecule has 4 nitrogen and oxygen atoms in total. The van der Waals surface area contributed by atoms with Crippen molar-refractivity contribution in [2.75, 3.05) is 12.4 Å². The number of anilines is 1. The zero-order valence-electron chi connectivity index (χ0n) is 15.7. The molecule has 134 valence electrons. The van der Waals surface area contributed by atoms with Gasteiger partial charge in [0.15, 0.2) is 0 Å². The fraction of sp³-hybridized carbons (Fsp3) is 0.381. The Morgan fingerprint density at radius 1 is 1.16 bits per heavy atom. The van der Waals surface area contributed by atoms with Crippen molar-refractivity contribution < 1.29 is 9.53 Å². The highest BCUT2D eigenvalue weighted by Gasteiger charge is 2.27. The van der Waals surface area contributed by atoms with Crippen molar-refractivity contribution >= 4 is 11.6 Å². The van der Waals surface area contributed by atoms with Gasteiger partial charge in [0.1, 0.15) is 11.8 Å². The number of amides is 1. The minimum atomic E-state index is -0.443. The van der Waals surface area contributed by atoms with E-state index in [-0.39, 0.29) is 11.4 Å². The number of carbonyl (C=O) groups is 1. The van der Waals surface area contributed by atoms with Gasteiger partial charge in [-0.05, 0) is 50.5 Å². The SMILES string of the molecule is CCC(C)(C)NC(C(=O)Nc1cc(C)ccc1OC)c1ccccc1. The fourth-order valence-corrected chi connectivity index (χ4v) is 2.56. The summed E-state index contributed by atoms with van der Waals surface area (Å²) in [6, 6.07) is 15.1. The van der Waals surface area contributed by atoms with Gasteiger partial charge in [-0.15, -0.1) is 0 Å². The maximum Gasteiger partial charge on any atom is 0.246 e. The van der Waals surface area contributed by atoms with E-state index in [0.29, 0.717) is 11.4 Å². The quantitative estimate of drug-likeness (QED) is 0.782. The van der Waals surface area contributed by atoms with Crippen LogP contribution in [0.3, 0.4) is 0 Å². The van der Waals surface area contributed by atoms with Crippen molar-refractivity contribution in [1.82, 2.24) is 5.32 Å². The highest BCUT2D eigenvalue weighted by molar-refractivity contribution is 5.97. The van der Waals surface area contributed by atoms with Gasteiger partial charge in [0.2, 0.25) is 5.91 Å². The lowest BCUT2D eigenvalue weighted by atomic mass is 9.97. The van der Waals surface area contributed by atoms with E-state index in [0.717, 1.165) is 17.5 Å². The van der Waals surface area contributed by atoms with E-state index >= 15 is 0 Å². The average Bonchev–Trinajstić information content (AvgIpc) is 2.60. The summed E-state index contributed by atoms with van der Waals surface area (Å²) < 4.78 is 5.37. The Kier molecular flexibility index (Phi) is 6.21. The first-order valence-corrected chi connectivity index (χ1v) is 8.64. The number of nitrogens with one attached hydrogen (secondary N) is 2. The second-order valence-electron chi connectivity index (χ2n) is 6.92. The van der Waals surface area contributed by atoms with Crippen LogP contribution in [-0.2, 0) is 4.79 Å². The summed E-state index contributed by atoms with van der Waals surface area (Å²) in [6.07, 6.45) is 0.914. The maximum absolute atomic E-state index is 13.1. The van der Waals surface area contributed by atoms with Gasteiger partial charge in [0, 0.05) is 5.54 Å². The van der Waals surface area contributed by atoms with E-state index in [9.17, 15) is 4.79 Å². The lowest BCUT2D eigenvalue weighted by Gasteiger charge is -2.31. The molecule has 0 radical (unpaired) electrons. The van der Waals surface area contributed by atoms with Gasteiger partial charge in [0.05, 0.1) is 12.8 Å². The van der Waals surface area contributed by atoms with Gasteiger partial charge < -0.3 is 10.1 Å². The largest absolute Gasteiger partial charge is 0.495 e. The summed E-state index contributed by atoms with van der Waals surface area (Å²) in [5.74, 6) is 0.553. The van der Waals surface area contributed by atoms with E-state index in [2.05, 4.69) is 31.4 Å². The molecule has 0 heterocycles. The molecule has 0 aliphatic heterocycles. The molecular formula is C21H28N2O2. The number of methoxy groups -OCH3 is 1. The van der Waals surface area contributed by atoms with Crippen molar-refractivity contribution in [2.45, 2.75) is 45.7 Å². The number of benzene rings is 2.